The lowest BCUT2D eigenvalue weighted by molar-refractivity contribution is 0.205. The van der Waals surface area contributed by atoms with E-state index in [4.69, 9.17) is 5.11 Å². The number of nitrogens with one attached hydrogen (secondary N) is 1. The monoisotopic (exact) mass is 200 g/mol. The van der Waals surface area contributed by atoms with Crippen molar-refractivity contribution in [1.29, 1.82) is 0 Å². The van der Waals surface area contributed by atoms with E-state index < -0.39 is 0 Å². The van der Waals surface area contributed by atoms with E-state index in [0.717, 1.165) is 19.0 Å². The summed E-state index contributed by atoms with van der Waals surface area (Å²) in [7, 11) is 1.98. The molecule has 0 saturated heterocycles. The summed E-state index contributed by atoms with van der Waals surface area (Å²) in [6.07, 6.45) is 4.83. The highest BCUT2D eigenvalue weighted by Gasteiger charge is 2.29. The molecule has 3 nitrogen and oxygen atoms in total. The third-order valence-electron chi connectivity index (χ3n) is 2.91. The Morgan fingerprint density at radius 3 is 2.64 bits per heavy atom. The molecule has 0 heterocycles. The second-order valence-corrected chi connectivity index (χ2v) is 4.22. The van der Waals surface area contributed by atoms with Crippen molar-refractivity contribution < 1.29 is 5.11 Å². The van der Waals surface area contributed by atoms with Crippen molar-refractivity contribution in [1.82, 2.24) is 10.2 Å². The molecule has 0 aliphatic heterocycles. The Hall–Kier alpha value is -0.120. The molecule has 1 fully saturated rings. The molecular weight excluding hydrogens is 176 g/mol. The third kappa shape index (κ3) is 3.95. The van der Waals surface area contributed by atoms with Gasteiger partial charge in [0, 0.05) is 25.2 Å². The molecule has 3 heteroatoms. The zero-order valence-corrected chi connectivity index (χ0v) is 9.50. The summed E-state index contributed by atoms with van der Waals surface area (Å²) >= 11 is 0. The topological polar surface area (TPSA) is 35.5 Å². The molecule has 84 valence electrons. The number of hydrogen-bond donors (Lipinski definition) is 2. The molecule has 1 aliphatic carbocycles. The first-order chi connectivity index (χ1) is 6.81. The Balaban J connectivity index is 2.27. The van der Waals surface area contributed by atoms with Gasteiger partial charge in [-0.1, -0.05) is 6.92 Å². The van der Waals surface area contributed by atoms with Crippen LogP contribution in [-0.4, -0.2) is 48.8 Å². The van der Waals surface area contributed by atoms with Gasteiger partial charge >= 0.3 is 0 Å². The number of rotatable bonds is 8. The summed E-state index contributed by atoms with van der Waals surface area (Å²) in [6.45, 7) is 4.82. The molecule has 0 radical (unpaired) electrons. The van der Waals surface area contributed by atoms with Crippen molar-refractivity contribution in [2.24, 2.45) is 0 Å². The zero-order valence-electron chi connectivity index (χ0n) is 9.50. The maximum Gasteiger partial charge on any atom is 0.0446 e. The lowest BCUT2D eigenvalue weighted by Gasteiger charge is -2.26. The van der Waals surface area contributed by atoms with Gasteiger partial charge in [-0.3, -0.25) is 4.90 Å². The molecule has 1 rings (SSSR count). The second-order valence-electron chi connectivity index (χ2n) is 4.22. The van der Waals surface area contributed by atoms with Gasteiger partial charge < -0.3 is 10.4 Å². The number of aliphatic hydroxyl groups is 1. The van der Waals surface area contributed by atoms with E-state index >= 15 is 0 Å². The molecular formula is C11H24N2O. The number of hydrogen-bond acceptors (Lipinski definition) is 3. The molecule has 0 aromatic heterocycles. The maximum atomic E-state index is 8.91. The zero-order chi connectivity index (χ0) is 10.4. The summed E-state index contributed by atoms with van der Waals surface area (Å²) in [4.78, 5) is 2.57. The summed E-state index contributed by atoms with van der Waals surface area (Å²) in [6, 6.07) is 1.29. The summed E-state index contributed by atoms with van der Waals surface area (Å²) in [5, 5.41) is 12.2. The van der Waals surface area contributed by atoms with Gasteiger partial charge in [0.05, 0.1) is 0 Å². The molecule has 0 bridgehead atoms. The quantitative estimate of drug-likeness (QED) is 0.609. The van der Waals surface area contributed by atoms with Gasteiger partial charge in [0.2, 0.25) is 0 Å². The molecule has 1 atom stereocenters. The first kappa shape index (κ1) is 12.0. The average Bonchev–Trinajstić information content (AvgIpc) is 2.99. The van der Waals surface area contributed by atoms with Gasteiger partial charge in [0.15, 0.2) is 0 Å². The predicted octanol–water partition coefficient (Wildman–Crippen LogP) is 0.831. The lowest BCUT2D eigenvalue weighted by atomic mass is 10.2. The highest BCUT2D eigenvalue weighted by molar-refractivity contribution is 4.86. The Kier molecular flexibility index (Phi) is 5.45. The van der Waals surface area contributed by atoms with Crippen LogP contribution in [0.15, 0.2) is 0 Å². The predicted molar refractivity (Wildman–Crippen MR) is 59.4 cm³/mol. The summed E-state index contributed by atoms with van der Waals surface area (Å²) in [5.74, 6) is 0. The highest BCUT2D eigenvalue weighted by Crippen LogP contribution is 2.27. The van der Waals surface area contributed by atoms with Crippen LogP contribution in [0.2, 0.25) is 0 Å². The molecule has 1 unspecified atom stereocenters. The van der Waals surface area contributed by atoms with Gasteiger partial charge in [-0.2, -0.15) is 0 Å². The number of nitrogens with zero attached hydrogens (tertiary/aromatic N) is 1. The van der Waals surface area contributed by atoms with Crippen molar-refractivity contribution in [2.75, 3.05) is 26.7 Å². The number of likely N-dealkylation sites (N-methyl/N-ethyl adjacent to an activating group) is 1. The first-order valence-electron chi connectivity index (χ1n) is 5.84. The van der Waals surface area contributed by atoms with Crippen molar-refractivity contribution in [3.63, 3.8) is 0 Å². The van der Waals surface area contributed by atoms with Crippen LogP contribution in [-0.2, 0) is 0 Å². The highest BCUT2D eigenvalue weighted by atomic mass is 16.3. The first-order valence-corrected chi connectivity index (χ1v) is 5.84. The Labute approximate surface area is 87.5 Å². The summed E-state index contributed by atoms with van der Waals surface area (Å²) < 4.78 is 0. The fourth-order valence-corrected chi connectivity index (χ4v) is 1.92. The van der Waals surface area contributed by atoms with Gasteiger partial charge in [0.1, 0.15) is 0 Å². The average molecular weight is 200 g/mol. The molecule has 0 spiro atoms. The van der Waals surface area contributed by atoms with Gasteiger partial charge in [-0.15, -0.1) is 0 Å². The molecule has 0 aromatic rings. The van der Waals surface area contributed by atoms with Crippen molar-refractivity contribution in [2.45, 2.75) is 44.7 Å². The minimum atomic E-state index is 0.288. The maximum absolute atomic E-state index is 8.91. The second kappa shape index (κ2) is 6.38. The van der Waals surface area contributed by atoms with E-state index in [2.05, 4.69) is 17.1 Å². The van der Waals surface area contributed by atoms with E-state index in [0.29, 0.717) is 6.04 Å². The van der Waals surface area contributed by atoms with Crippen molar-refractivity contribution >= 4 is 0 Å². The van der Waals surface area contributed by atoms with Crippen LogP contribution >= 0.6 is 0 Å². The van der Waals surface area contributed by atoms with E-state index in [-0.39, 0.29) is 6.61 Å². The van der Waals surface area contributed by atoms with Crippen LogP contribution in [0.3, 0.4) is 0 Å². The van der Waals surface area contributed by atoms with Gasteiger partial charge in [0.25, 0.3) is 0 Å². The van der Waals surface area contributed by atoms with Gasteiger partial charge in [-0.05, 0) is 39.3 Å². The minimum Gasteiger partial charge on any atom is -0.396 e. The Bertz CT molecular complexity index is 148. The lowest BCUT2D eigenvalue weighted by Crippen LogP contribution is -2.41. The fraction of sp³-hybridized carbons (Fsp3) is 1.00. The molecule has 14 heavy (non-hydrogen) atoms. The third-order valence-corrected chi connectivity index (χ3v) is 2.91. The normalized spacial score (nSPS) is 18.9. The van der Waals surface area contributed by atoms with Gasteiger partial charge in [-0.25, -0.2) is 0 Å². The van der Waals surface area contributed by atoms with E-state index in [9.17, 15) is 0 Å². The van der Waals surface area contributed by atoms with E-state index in [1.54, 1.807) is 0 Å². The van der Waals surface area contributed by atoms with Crippen LogP contribution in [0.5, 0.6) is 0 Å². The smallest absolute Gasteiger partial charge is 0.0446 e. The minimum absolute atomic E-state index is 0.288. The van der Waals surface area contributed by atoms with Crippen molar-refractivity contribution in [3.8, 4) is 0 Å². The molecule has 1 aliphatic rings. The molecule has 0 aromatic carbocycles. The van der Waals surface area contributed by atoms with Crippen LogP contribution in [0.4, 0.5) is 0 Å². The molecule has 2 N–H and O–H groups in total. The van der Waals surface area contributed by atoms with E-state index in [1.807, 2.05) is 7.05 Å². The van der Waals surface area contributed by atoms with Crippen LogP contribution in [0.1, 0.15) is 32.6 Å². The Morgan fingerprint density at radius 2 is 2.21 bits per heavy atom. The number of aliphatic hydroxyl groups excluding tert-OH is 1. The molecule has 0 amide bonds. The largest absolute Gasteiger partial charge is 0.396 e. The SMILES string of the molecule is CCCN(CC(CCO)NC)C1CC1. The van der Waals surface area contributed by atoms with Crippen LogP contribution in [0.25, 0.3) is 0 Å². The molecule has 1 saturated carbocycles. The van der Waals surface area contributed by atoms with Crippen LogP contribution < -0.4 is 5.32 Å². The fourth-order valence-electron chi connectivity index (χ4n) is 1.92. The standard InChI is InChI=1S/C11H24N2O/c1-3-7-13(11-4-5-11)9-10(12-2)6-8-14/h10-12,14H,3-9H2,1-2H3. The summed E-state index contributed by atoms with van der Waals surface area (Å²) in [5.41, 5.74) is 0. The van der Waals surface area contributed by atoms with Crippen LogP contribution in [0, 0.1) is 0 Å². The Morgan fingerprint density at radius 1 is 1.50 bits per heavy atom. The van der Waals surface area contributed by atoms with E-state index in [1.165, 1.54) is 25.8 Å². The van der Waals surface area contributed by atoms with Crippen molar-refractivity contribution in [3.05, 3.63) is 0 Å².